The van der Waals surface area contributed by atoms with Crippen LogP contribution < -0.4 is 5.11 Å². The molecule has 1 aromatic carbocycles. The molecule has 0 radical (unpaired) electrons. The van der Waals surface area contributed by atoms with Gasteiger partial charge in [0.15, 0.2) is 0 Å². The zero-order valence-electron chi connectivity index (χ0n) is 18.9. The first-order chi connectivity index (χ1) is 14.6. The van der Waals surface area contributed by atoms with Crippen molar-refractivity contribution in [2.75, 3.05) is 0 Å². The van der Waals surface area contributed by atoms with Crippen LogP contribution in [0.15, 0.2) is 60.2 Å². The average molecular weight is 514 g/mol. The number of allylic oxidation sites excluding steroid dienone is 3. The van der Waals surface area contributed by atoms with Crippen LogP contribution in [0.5, 0.6) is 0 Å². The van der Waals surface area contributed by atoms with Crippen molar-refractivity contribution in [2.45, 2.75) is 72.6 Å². The van der Waals surface area contributed by atoms with Crippen molar-refractivity contribution in [1.29, 1.82) is 5.26 Å². The monoisotopic (exact) mass is 515 g/mol. The van der Waals surface area contributed by atoms with E-state index in [1.807, 2.05) is 30.3 Å². The second-order valence-electron chi connectivity index (χ2n) is 7.20. The summed E-state index contributed by atoms with van der Waals surface area (Å²) in [7, 11) is 0. The van der Waals surface area contributed by atoms with E-state index in [-0.39, 0.29) is 5.57 Å². The van der Waals surface area contributed by atoms with Gasteiger partial charge in [0.05, 0.1) is 12.0 Å². The Morgan fingerprint density at radius 2 is 1.53 bits per heavy atom. The maximum atomic E-state index is 10.8. The number of rotatable bonds is 13. The minimum absolute atomic E-state index is 0.0142. The average Bonchev–Trinajstić information content (AvgIpc) is 2.76. The van der Waals surface area contributed by atoms with Gasteiger partial charge in [0.2, 0.25) is 0 Å². The Balaban J connectivity index is 0.000000584. The summed E-state index contributed by atoms with van der Waals surface area (Å²) >= 11 is -0.839. The summed E-state index contributed by atoms with van der Waals surface area (Å²) in [5.74, 6) is -1.28. The molecule has 0 saturated carbocycles. The first-order valence-electron chi connectivity index (χ1n) is 11.1. The van der Waals surface area contributed by atoms with Gasteiger partial charge in [0.1, 0.15) is 0 Å². The van der Waals surface area contributed by atoms with Crippen molar-refractivity contribution < 1.29 is 9.90 Å². The summed E-state index contributed by atoms with van der Waals surface area (Å²) in [5, 5.41) is 19.0. The Bertz CT molecular complexity index is 668. The van der Waals surface area contributed by atoms with E-state index in [0.29, 0.717) is 0 Å². The van der Waals surface area contributed by atoms with Gasteiger partial charge in [0.25, 0.3) is 0 Å². The second-order valence-corrected chi connectivity index (χ2v) is 15.8. The van der Waals surface area contributed by atoms with E-state index < -0.39 is 25.7 Å². The standard InChI is InChI=1S/C14H11NO2.3C4H9.Sn/c15-11-5-4-8-13(14(16)17)10-9-12-6-2-1-3-7-12;3*1-3-4-2;/h1-10H,(H,16,17);3*1,3-4H2,2H3;/q;;;;+1/p-1. The van der Waals surface area contributed by atoms with E-state index in [4.69, 9.17) is 5.26 Å². The van der Waals surface area contributed by atoms with Gasteiger partial charge in [-0.05, 0) is 11.1 Å². The Morgan fingerprint density at radius 3 is 1.97 bits per heavy atom. The number of nitriles is 1. The van der Waals surface area contributed by atoms with Crippen LogP contribution in [0, 0.1) is 11.3 Å². The molecule has 0 aromatic heterocycles. The first kappa shape index (κ1) is 28.2. The minimum Gasteiger partial charge on any atom is -0.545 e. The van der Waals surface area contributed by atoms with Crippen molar-refractivity contribution in [1.82, 2.24) is 0 Å². The van der Waals surface area contributed by atoms with Gasteiger partial charge in [0, 0.05) is 6.08 Å². The van der Waals surface area contributed by atoms with Gasteiger partial charge < -0.3 is 9.90 Å². The molecule has 0 spiro atoms. The van der Waals surface area contributed by atoms with Crippen LogP contribution in [0.4, 0.5) is 0 Å². The molecule has 0 unspecified atom stereocenters. The Labute approximate surface area is 190 Å². The molecule has 30 heavy (non-hydrogen) atoms. The van der Waals surface area contributed by atoms with Crippen molar-refractivity contribution in [3.63, 3.8) is 0 Å². The molecule has 3 nitrogen and oxygen atoms in total. The van der Waals surface area contributed by atoms with Crippen LogP contribution in [0.2, 0.25) is 13.3 Å². The second kappa shape index (κ2) is 20.5. The van der Waals surface area contributed by atoms with E-state index in [1.54, 1.807) is 25.5 Å². The molecule has 0 heterocycles. The topological polar surface area (TPSA) is 63.9 Å². The fraction of sp³-hybridized carbons (Fsp3) is 0.462. The van der Waals surface area contributed by atoms with E-state index in [9.17, 15) is 9.90 Å². The molecule has 0 aliphatic heterocycles. The van der Waals surface area contributed by atoms with Crippen molar-refractivity contribution in [3.8, 4) is 6.07 Å². The third-order valence-electron chi connectivity index (χ3n) is 4.59. The molecule has 0 bridgehead atoms. The molecule has 0 amide bonds. The molecule has 0 N–H and O–H groups in total. The first-order valence-corrected chi connectivity index (χ1v) is 17.2. The van der Waals surface area contributed by atoms with Gasteiger partial charge in [-0.1, -0.05) is 54.6 Å². The van der Waals surface area contributed by atoms with Crippen LogP contribution in [-0.4, -0.2) is 25.7 Å². The predicted octanol–water partition coefficient (Wildman–Crippen LogP) is 6.34. The summed E-state index contributed by atoms with van der Waals surface area (Å²) in [5.41, 5.74) is 0.907. The number of nitrogens with zero attached hydrogens (tertiary/aromatic N) is 1. The van der Waals surface area contributed by atoms with Crippen molar-refractivity contribution in [2.24, 2.45) is 0 Å². The number of carbonyl (C=O) groups is 1. The molecule has 1 aromatic rings. The van der Waals surface area contributed by atoms with Gasteiger partial charge in [-0.15, -0.1) is 0 Å². The van der Waals surface area contributed by atoms with E-state index in [1.165, 1.54) is 62.8 Å². The summed E-state index contributed by atoms with van der Waals surface area (Å²) in [6.07, 6.45) is 15.8. The molecule has 0 aliphatic rings. The normalized spacial score (nSPS) is 11.2. The van der Waals surface area contributed by atoms with Crippen LogP contribution >= 0.6 is 0 Å². The fourth-order valence-electron chi connectivity index (χ4n) is 2.79. The maximum Gasteiger partial charge on any atom is 0.0912 e. The summed E-state index contributed by atoms with van der Waals surface area (Å²) in [4.78, 5) is 10.8. The fourth-order valence-corrected chi connectivity index (χ4v) is 12.2. The van der Waals surface area contributed by atoms with Crippen LogP contribution in [-0.2, 0) is 4.79 Å². The third-order valence-corrected chi connectivity index (χ3v) is 13.7. The van der Waals surface area contributed by atoms with E-state index in [0.717, 1.165) is 5.56 Å². The van der Waals surface area contributed by atoms with Gasteiger partial charge in [-0.2, -0.15) is 5.26 Å². The smallest absolute Gasteiger partial charge is 0.0912 e. The van der Waals surface area contributed by atoms with E-state index >= 15 is 0 Å². The quantitative estimate of drug-likeness (QED) is 0.134. The minimum atomic E-state index is -1.28. The Hall–Kier alpha value is -1.80. The number of hydrogen-bond donors (Lipinski definition) is 0. The molecular weight excluding hydrogens is 477 g/mol. The number of hydrogen-bond acceptors (Lipinski definition) is 3. The number of carbonyl (C=O) groups excluding carboxylic acids is 1. The number of aliphatic carboxylic acids is 1. The number of carboxylic acid groups (broad SMARTS) is 1. The van der Waals surface area contributed by atoms with E-state index in [2.05, 4.69) is 20.8 Å². The van der Waals surface area contributed by atoms with Crippen molar-refractivity contribution >= 4 is 31.8 Å². The van der Waals surface area contributed by atoms with Crippen molar-refractivity contribution in [3.05, 3.63) is 65.8 Å². The predicted molar refractivity (Wildman–Crippen MR) is 128 cm³/mol. The largest absolute Gasteiger partial charge is 0.545 e. The number of unbranched alkanes of at least 4 members (excludes halogenated alkanes) is 3. The molecule has 0 atom stereocenters. The van der Waals surface area contributed by atoms with Gasteiger partial charge in [-0.25, -0.2) is 0 Å². The molecular formula is C26H37NO2Sn. The number of carboxylic acids is 1. The van der Waals surface area contributed by atoms with Crippen LogP contribution in [0.3, 0.4) is 0 Å². The SMILES string of the molecule is CCC[CH2][Sn+]([CH2]CCC)[CH2]CCC.N#CC=CC=C(C=Cc1ccccc1)C(=O)[O-]. The number of benzene rings is 1. The molecule has 4 heteroatoms. The maximum absolute atomic E-state index is 10.8. The zero-order chi connectivity index (χ0) is 22.5. The molecule has 1 rings (SSSR count). The van der Waals surface area contributed by atoms with Crippen LogP contribution in [0.25, 0.3) is 6.08 Å². The molecule has 0 aliphatic carbocycles. The summed E-state index contributed by atoms with van der Waals surface area (Å²) < 4.78 is 5.04. The van der Waals surface area contributed by atoms with Gasteiger partial charge in [-0.3, -0.25) is 0 Å². The Kier molecular flexibility index (Phi) is 19.2. The summed E-state index contributed by atoms with van der Waals surface area (Å²) in [6, 6.07) is 11.1. The molecule has 0 saturated heterocycles. The zero-order valence-corrected chi connectivity index (χ0v) is 21.8. The van der Waals surface area contributed by atoms with Crippen LogP contribution in [0.1, 0.15) is 64.9 Å². The molecule has 162 valence electrons. The third kappa shape index (κ3) is 16.0. The van der Waals surface area contributed by atoms with Gasteiger partial charge >= 0.3 is 92.4 Å². The molecule has 0 fully saturated rings. The summed E-state index contributed by atoms with van der Waals surface area (Å²) in [6.45, 7) is 7.00. The Morgan fingerprint density at radius 1 is 1.00 bits per heavy atom.